The number of hydrogen-bond acceptors (Lipinski definition) is 8. The summed E-state index contributed by atoms with van der Waals surface area (Å²) in [5.74, 6) is -1.05. The van der Waals surface area contributed by atoms with Gasteiger partial charge in [0.1, 0.15) is 11.6 Å². The maximum Gasteiger partial charge on any atom is 0.264 e. The summed E-state index contributed by atoms with van der Waals surface area (Å²) in [5.41, 5.74) is 1.76. The topological polar surface area (TPSA) is 134 Å². The van der Waals surface area contributed by atoms with Crippen molar-refractivity contribution in [2.24, 2.45) is 0 Å². The van der Waals surface area contributed by atoms with E-state index in [2.05, 4.69) is 9.97 Å². The normalized spacial score (nSPS) is 13.5. The molecule has 33 heavy (non-hydrogen) atoms. The van der Waals surface area contributed by atoms with E-state index < -0.39 is 31.9 Å². The molecule has 0 aliphatic carbocycles. The van der Waals surface area contributed by atoms with Gasteiger partial charge in [-0.25, -0.2) is 28.3 Å². The molecule has 2 aromatic heterocycles. The molecular formula is C21H24FN5O5S. The Morgan fingerprint density at radius 3 is 2.52 bits per heavy atom. The predicted molar refractivity (Wildman–Crippen MR) is 121 cm³/mol. The average Bonchev–Trinajstić information content (AvgIpc) is 2.77. The number of carbonyl (C=O) groups is 1. The lowest BCUT2D eigenvalue weighted by molar-refractivity contribution is -0.131. The van der Waals surface area contributed by atoms with Gasteiger partial charge in [0.05, 0.1) is 17.2 Å². The van der Waals surface area contributed by atoms with Crippen LogP contribution < -0.4 is 15.9 Å². The highest BCUT2D eigenvalue weighted by Crippen LogP contribution is 2.27. The molecule has 12 heteroatoms. The number of amides is 1. The molecule has 0 bridgehead atoms. The number of aromatic nitrogens is 3. The lowest BCUT2D eigenvalue weighted by Crippen LogP contribution is -2.50. The fourth-order valence-electron chi connectivity index (χ4n) is 3.29. The summed E-state index contributed by atoms with van der Waals surface area (Å²) in [6.45, 7) is 0.951. The number of anilines is 1. The molecule has 176 valence electrons. The summed E-state index contributed by atoms with van der Waals surface area (Å²) in [6.07, 6.45) is 3.29. The molecule has 10 nitrogen and oxygen atoms in total. The van der Waals surface area contributed by atoms with E-state index in [-0.39, 0.29) is 29.4 Å². The standard InChI is InChI=1S/C21H24FN5O5S/c1-21(20(29)25-30,33(4,31)32)7-8-27-12-24-17-10-14(16(22)9-15(17)19(27)28)13-5-6-18(23-11-13)26(2)3/h5-6,9-12,30H,7-8H2,1-4H3,(H,25,29). The zero-order valence-electron chi connectivity index (χ0n) is 18.5. The molecule has 1 unspecified atom stereocenters. The van der Waals surface area contributed by atoms with Crippen LogP contribution in [-0.4, -0.2) is 59.2 Å². The fourth-order valence-corrected chi connectivity index (χ4v) is 4.13. The highest BCUT2D eigenvalue weighted by molar-refractivity contribution is 7.92. The van der Waals surface area contributed by atoms with Crippen LogP contribution in [-0.2, 0) is 21.2 Å². The van der Waals surface area contributed by atoms with E-state index in [4.69, 9.17) is 5.21 Å². The summed E-state index contributed by atoms with van der Waals surface area (Å²) in [5, 5.41) is 8.93. The van der Waals surface area contributed by atoms with E-state index in [9.17, 15) is 22.4 Å². The smallest absolute Gasteiger partial charge is 0.264 e. The van der Waals surface area contributed by atoms with E-state index in [0.717, 1.165) is 23.8 Å². The van der Waals surface area contributed by atoms with E-state index in [0.29, 0.717) is 11.4 Å². The zero-order valence-corrected chi connectivity index (χ0v) is 19.4. The number of pyridine rings is 1. The minimum atomic E-state index is -3.93. The van der Waals surface area contributed by atoms with Crippen LogP contribution >= 0.6 is 0 Å². The first-order valence-corrected chi connectivity index (χ1v) is 11.7. The maximum absolute atomic E-state index is 14.9. The van der Waals surface area contributed by atoms with E-state index in [1.165, 1.54) is 24.1 Å². The molecular weight excluding hydrogens is 453 g/mol. The van der Waals surface area contributed by atoms with Gasteiger partial charge >= 0.3 is 0 Å². The van der Waals surface area contributed by atoms with Gasteiger partial charge in [-0.05, 0) is 37.6 Å². The maximum atomic E-state index is 14.9. The van der Waals surface area contributed by atoms with Crippen LogP contribution in [0.15, 0.2) is 41.6 Å². The first kappa shape index (κ1) is 24.3. The molecule has 1 amide bonds. The molecule has 1 atom stereocenters. The van der Waals surface area contributed by atoms with E-state index >= 15 is 0 Å². The van der Waals surface area contributed by atoms with Gasteiger partial charge in [0.15, 0.2) is 14.6 Å². The van der Waals surface area contributed by atoms with Crippen LogP contribution in [0, 0.1) is 5.82 Å². The predicted octanol–water partition coefficient (Wildman–Crippen LogP) is 1.36. The number of fused-ring (bicyclic) bond motifs is 1. The van der Waals surface area contributed by atoms with Crippen molar-refractivity contribution in [1.29, 1.82) is 0 Å². The third-order valence-corrected chi connectivity index (χ3v) is 7.69. The molecule has 3 rings (SSSR count). The van der Waals surface area contributed by atoms with Crippen LogP contribution in [0.1, 0.15) is 13.3 Å². The number of hydroxylamine groups is 1. The zero-order chi connectivity index (χ0) is 24.6. The number of nitrogens with zero attached hydrogens (tertiary/aromatic N) is 4. The molecule has 2 heterocycles. The van der Waals surface area contributed by atoms with Crippen molar-refractivity contribution in [2.45, 2.75) is 24.6 Å². The lowest BCUT2D eigenvalue weighted by atomic mass is 10.0. The minimum Gasteiger partial charge on any atom is -0.363 e. The quantitative estimate of drug-likeness (QED) is 0.385. The number of carbonyl (C=O) groups excluding carboxylic acids is 1. The van der Waals surface area contributed by atoms with Crippen molar-refractivity contribution in [3.8, 4) is 11.1 Å². The van der Waals surface area contributed by atoms with Crippen molar-refractivity contribution in [1.82, 2.24) is 20.0 Å². The number of benzene rings is 1. The minimum absolute atomic E-state index is 0.00397. The summed E-state index contributed by atoms with van der Waals surface area (Å²) in [4.78, 5) is 35.2. The van der Waals surface area contributed by atoms with Crippen LogP contribution in [0.4, 0.5) is 10.2 Å². The van der Waals surface area contributed by atoms with Crippen molar-refractivity contribution >= 4 is 32.5 Å². The molecule has 0 aliphatic heterocycles. The van der Waals surface area contributed by atoms with Gasteiger partial charge in [-0.2, -0.15) is 0 Å². The first-order chi connectivity index (χ1) is 15.4. The van der Waals surface area contributed by atoms with Gasteiger partial charge in [0, 0.05) is 44.2 Å². The van der Waals surface area contributed by atoms with Crippen LogP contribution in [0.3, 0.4) is 0 Å². The largest absolute Gasteiger partial charge is 0.363 e. The van der Waals surface area contributed by atoms with Crippen molar-refractivity contribution in [2.75, 3.05) is 25.3 Å². The summed E-state index contributed by atoms with van der Waals surface area (Å²) in [6, 6.07) is 5.98. The number of sulfone groups is 1. The second-order valence-corrected chi connectivity index (χ2v) is 10.5. The van der Waals surface area contributed by atoms with Gasteiger partial charge < -0.3 is 4.90 Å². The Morgan fingerprint density at radius 2 is 1.97 bits per heavy atom. The molecule has 0 aliphatic rings. The summed E-state index contributed by atoms with van der Waals surface area (Å²) in [7, 11) is -0.258. The SMILES string of the molecule is CN(C)c1ccc(-c2cc3ncn(CCC(C)(C(=O)NO)S(C)(=O)=O)c(=O)c3cc2F)cn1. The molecule has 0 saturated heterocycles. The third-order valence-electron chi connectivity index (χ3n) is 5.66. The van der Waals surface area contributed by atoms with Gasteiger partial charge in [-0.1, -0.05) is 0 Å². The number of rotatable bonds is 7. The molecule has 0 radical (unpaired) electrons. The number of nitrogens with one attached hydrogen (secondary N) is 1. The van der Waals surface area contributed by atoms with Gasteiger partial charge in [0.2, 0.25) is 0 Å². The Labute approximate surface area is 189 Å². The Morgan fingerprint density at radius 1 is 1.27 bits per heavy atom. The number of hydrogen-bond donors (Lipinski definition) is 2. The Kier molecular flexibility index (Phi) is 6.52. The second kappa shape index (κ2) is 8.87. The molecule has 3 aromatic rings. The van der Waals surface area contributed by atoms with Gasteiger partial charge in [-0.15, -0.1) is 0 Å². The highest BCUT2D eigenvalue weighted by atomic mass is 32.2. The Bertz CT molecular complexity index is 1370. The molecule has 0 fully saturated rings. The Hall–Kier alpha value is -3.38. The lowest BCUT2D eigenvalue weighted by Gasteiger charge is -2.25. The molecule has 0 spiro atoms. The average molecular weight is 478 g/mol. The van der Waals surface area contributed by atoms with E-state index in [1.807, 2.05) is 19.0 Å². The van der Waals surface area contributed by atoms with Crippen molar-refractivity contribution < 1.29 is 22.8 Å². The van der Waals surface area contributed by atoms with Gasteiger partial charge in [-0.3, -0.25) is 19.4 Å². The van der Waals surface area contributed by atoms with E-state index in [1.54, 1.807) is 12.1 Å². The van der Waals surface area contributed by atoms with Crippen LogP contribution in [0.5, 0.6) is 0 Å². The molecule has 1 aromatic carbocycles. The number of aryl methyl sites for hydroxylation is 1. The Balaban J connectivity index is 1.98. The third kappa shape index (κ3) is 4.57. The highest BCUT2D eigenvalue weighted by Gasteiger charge is 2.43. The van der Waals surface area contributed by atoms with Crippen LogP contribution in [0.2, 0.25) is 0 Å². The summed E-state index contributed by atoms with van der Waals surface area (Å²) >= 11 is 0. The van der Waals surface area contributed by atoms with Crippen LogP contribution in [0.25, 0.3) is 22.0 Å². The van der Waals surface area contributed by atoms with Crippen molar-refractivity contribution in [3.63, 3.8) is 0 Å². The second-order valence-electron chi connectivity index (χ2n) is 8.09. The molecule has 2 N–H and O–H groups in total. The summed E-state index contributed by atoms with van der Waals surface area (Å²) < 4.78 is 38.2. The van der Waals surface area contributed by atoms with Gasteiger partial charge in [0.25, 0.3) is 11.5 Å². The van der Waals surface area contributed by atoms with Crippen molar-refractivity contribution in [3.05, 3.63) is 53.0 Å². The first-order valence-electron chi connectivity index (χ1n) is 9.85. The number of halogens is 1. The monoisotopic (exact) mass is 477 g/mol. The fraction of sp³-hybridized carbons (Fsp3) is 0.333. The molecule has 0 saturated carbocycles.